The van der Waals surface area contributed by atoms with Crippen LogP contribution in [0, 0.1) is 22.0 Å². The first-order valence-corrected chi connectivity index (χ1v) is 6.26. The summed E-state index contributed by atoms with van der Waals surface area (Å²) in [4.78, 5) is 10.3. The fourth-order valence-electron chi connectivity index (χ4n) is 1.75. The van der Waals surface area contributed by atoms with Gasteiger partial charge in [0.15, 0.2) is 0 Å². The summed E-state index contributed by atoms with van der Waals surface area (Å²) < 4.78 is 5.20. The number of hydrogen-bond acceptors (Lipinski definition) is 3. The Morgan fingerprint density at radius 1 is 1.19 bits per heavy atom. The van der Waals surface area contributed by atoms with Gasteiger partial charge in [0, 0.05) is 12.1 Å². The summed E-state index contributed by atoms with van der Waals surface area (Å²) in [5, 5.41) is 10.7. The molecular formula is C17H13NO3. The topological polar surface area (TPSA) is 52.4 Å². The second-order valence-electron chi connectivity index (χ2n) is 4.16. The van der Waals surface area contributed by atoms with Gasteiger partial charge in [-0.15, -0.1) is 0 Å². The molecule has 0 amide bonds. The fourth-order valence-corrected chi connectivity index (χ4v) is 1.75. The van der Waals surface area contributed by atoms with Gasteiger partial charge in [-0.2, -0.15) is 0 Å². The summed E-state index contributed by atoms with van der Waals surface area (Å²) in [6, 6.07) is 13.9. The molecule has 21 heavy (non-hydrogen) atoms. The summed E-state index contributed by atoms with van der Waals surface area (Å²) in [5.74, 6) is 6.59. The van der Waals surface area contributed by atoms with E-state index in [0.29, 0.717) is 5.75 Å². The maximum Gasteiger partial charge on any atom is 0.270 e. The average molecular weight is 279 g/mol. The molecule has 0 heterocycles. The van der Waals surface area contributed by atoms with E-state index in [2.05, 4.69) is 11.8 Å². The highest BCUT2D eigenvalue weighted by Crippen LogP contribution is 2.16. The number of allylic oxidation sites excluding steroid dienone is 1. The zero-order chi connectivity index (χ0) is 15.1. The quantitative estimate of drug-likeness (QED) is 0.489. The second-order valence-corrected chi connectivity index (χ2v) is 4.16. The minimum atomic E-state index is -0.419. The molecular weight excluding hydrogens is 266 g/mol. The number of methoxy groups -OCH3 is 1. The SMILES string of the molecule is COc1ccccc1C#C/C=C/c1cccc([N+](=O)[O-])c1. The highest BCUT2D eigenvalue weighted by molar-refractivity contribution is 5.57. The lowest BCUT2D eigenvalue weighted by Crippen LogP contribution is -1.87. The van der Waals surface area contributed by atoms with Crippen molar-refractivity contribution < 1.29 is 9.66 Å². The van der Waals surface area contributed by atoms with E-state index in [1.54, 1.807) is 31.4 Å². The largest absolute Gasteiger partial charge is 0.495 e. The zero-order valence-electron chi connectivity index (χ0n) is 11.4. The third-order valence-corrected chi connectivity index (χ3v) is 2.75. The molecule has 0 aliphatic heterocycles. The molecule has 0 radical (unpaired) electrons. The van der Waals surface area contributed by atoms with E-state index in [0.717, 1.165) is 11.1 Å². The Kier molecular flexibility index (Phi) is 4.73. The normalized spacial score (nSPS) is 9.95. The minimum absolute atomic E-state index is 0.0647. The summed E-state index contributed by atoms with van der Waals surface area (Å²) in [6.45, 7) is 0. The number of hydrogen-bond donors (Lipinski definition) is 0. The lowest BCUT2D eigenvalue weighted by Gasteiger charge is -2.00. The maximum atomic E-state index is 10.7. The molecule has 0 saturated carbocycles. The van der Waals surface area contributed by atoms with Gasteiger partial charge in [-0.3, -0.25) is 10.1 Å². The van der Waals surface area contributed by atoms with E-state index in [-0.39, 0.29) is 5.69 Å². The molecule has 0 atom stereocenters. The van der Waals surface area contributed by atoms with Crippen LogP contribution in [0.3, 0.4) is 0 Å². The number of nitro benzene ring substituents is 1. The maximum absolute atomic E-state index is 10.7. The molecule has 4 nitrogen and oxygen atoms in total. The Labute approximate surface area is 122 Å². The summed E-state index contributed by atoms with van der Waals surface area (Å²) in [5.41, 5.74) is 1.59. The Bertz CT molecular complexity index is 739. The number of ether oxygens (including phenoxy) is 1. The van der Waals surface area contributed by atoms with E-state index in [1.807, 2.05) is 24.3 Å². The van der Waals surface area contributed by atoms with Gasteiger partial charge in [0.1, 0.15) is 5.75 Å². The van der Waals surface area contributed by atoms with Crippen molar-refractivity contribution in [1.82, 2.24) is 0 Å². The van der Waals surface area contributed by atoms with Gasteiger partial charge in [-0.05, 0) is 29.8 Å². The molecule has 2 aromatic rings. The predicted molar refractivity (Wildman–Crippen MR) is 82.0 cm³/mol. The Balaban J connectivity index is 2.15. The van der Waals surface area contributed by atoms with Crippen LogP contribution in [-0.2, 0) is 0 Å². The van der Waals surface area contributed by atoms with Crippen LogP contribution in [0.1, 0.15) is 11.1 Å². The van der Waals surface area contributed by atoms with Gasteiger partial charge in [0.25, 0.3) is 5.69 Å². The van der Waals surface area contributed by atoms with Gasteiger partial charge in [-0.1, -0.05) is 36.1 Å². The molecule has 0 aliphatic rings. The molecule has 0 saturated heterocycles. The first kappa shape index (κ1) is 14.4. The average Bonchev–Trinajstić information content (AvgIpc) is 2.52. The van der Waals surface area contributed by atoms with Crippen LogP contribution in [0.15, 0.2) is 54.6 Å². The lowest BCUT2D eigenvalue weighted by molar-refractivity contribution is -0.384. The number of non-ortho nitro benzene ring substituents is 1. The van der Waals surface area contributed by atoms with Gasteiger partial charge >= 0.3 is 0 Å². The lowest BCUT2D eigenvalue weighted by atomic mass is 10.2. The molecule has 0 N–H and O–H groups in total. The van der Waals surface area contributed by atoms with Crippen molar-refractivity contribution >= 4 is 11.8 Å². The predicted octanol–water partition coefficient (Wildman–Crippen LogP) is 3.67. The van der Waals surface area contributed by atoms with Crippen LogP contribution in [0.4, 0.5) is 5.69 Å². The molecule has 2 aromatic carbocycles. The van der Waals surface area contributed by atoms with Crippen molar-refractivity contribution in [3.8, 4) is 17.6 Å². The molecule has 4 heteroatoms. The first-order chi connectivity index (χ1) is 10.2. The number of nitrogens with zero attached hydrogens (tertiary/aromatic N) is 1. The first-order valence-electron chi connectivity index (χ1n) is 6.26. The fraction of sp³-hybridized carbons (Fsp3) is 0.0588. The van der Waals surface area contributed by atoms with E-state index >= 15 is 0 Å². The summed E-state index contributed by atoms with van der Waals surface area (Å²) in [6.07, 6.45) is 3.39. The van der Waals surface area contributed by atoms with Crippen molar-refractivity contribution in [3.63, 3.8) is 0 Å². The van der Waals surface area contributed by atoms with E-state index in [4.69, 9.17) is 4.74 Å². The number of rotatable bonds is 3. The standard InChI is InChI=1S/C17H13NO3/c1-21-17-12-5-4-10-15(17)9-3-2-7-14-8-6-11-16(13-14)18(19)20/h2,4-8,10-13H,1H3/b7-2+. The summed E-state index contributed by atoms with van der Waals surface area (Å²) >= 11 is 0. The molecule has 104 valence electrons. The molecule has 0 fully saturated rings. The number of para-hydroxylation sites is 1. The van der Waals surface area contributed by atoms with Crippen molar-refractivity contribution in [2.75, 3.05) is 7.11 Å². The van der Waals surface area contributed by atoms with Gasteiger partial charge in [0.05, 0.1) is 17.6 Å². The van der Waals surface area contributed by atoms with Crippen LogP contribution in [-0.4, -0.2) is 12.0 Å². The third kappa shape index (κ3) is 3.95. The molecule has 2 rings (SSSR count). The van der Waals surface area contributed by atoms with Crippen LogP contribution in [0.2, 0.25) is 0 Å². The number of nitro groups is 1. The van der Waals surface area contributed by atoms with Crippen LogP contribution < -0.4 is 4.74 Å². The number of benzene rings is 2. The van der Waals surface area contributed by atoms with Gasteiger partial charge in [0.2, 0.25) is 0 Å². The van der Waals surface area contributed by atoms with Gasteiger partial charge in [-0.25, -0.2) is 0 Å². The molecule has 0 aliphatic carbocycles. The minimum Gasteiger partial charge on any atom is -0.495 e. The van der Waals surface area contributed by atoms with Crippen molar-refractivity contribution in [3.05, 3.63) is 75.8 Å². The van der Waals surface area contributed by atoms with Crippen molar-refractivity contribution in [1.29, 1.82) is 0 Å². The molecule has 0 bridgehead atoms. The third-order valence-electron chi connectivity index (χ3n) is 2.75. The molecule has 0 spiro atoms. The Hall–Kier alpha value is -3.06. The van der Waals surface area contributed by atoms with Crippen molar-refractivity contribution in [2.45, 2.75) is 0 Å². The van der Waals surface area contributed by atoms with E-state index in [1.165, 1.54) is 12.1 Å². The van der Waals surface area contributed by atoms with E-state index < -0.39 is 4.92 Å². The Morgan fingerprint density at radius 2 is 2.00 bits per heavy atom. The van der Waals surface area contributed by atoms with Crippen LogP contribution in [0.25, 0.3) is 6.08 Å². The Morgan fingerprint density at radius 3 is 2.76 bits per heavy atom. The second kappa shape index (κ2) is 6.92. The summed E-state index contributed by atoms with van der Waals surface area (Å²) in [7, 11) is 1.60. The highest BCUT2D eigenvalue weighted by Gasteiger charge is 2.03. The molecule has 0 unspecified atom stereocenters. The van der Waals surface area contributed by atoms with Gasteiger partial charge < -0.3 is 4.74 Å². The van der Waals surface area contributed by atoms with Crippen LogP contribution in [0.5, 0.6) is 5.75 Å². The van der Waals surface area contributed by atoms with Crippen molar-refractivity contribution in [2.24, 2.45) is 0 Å². The zero-order valence-corrected chi connectivity index (χ0v) is 11.4. The highest BCUT2D eigenvalue weighted by atomic mass is 16.6. The van der Waals surface area contributed by atoms with Crippen LogP contribution >= 0.6 is 0 Å². The molecule has 0 aromatic heterocycles. The van der Waals surface area contributed by atoms with E-state index in [9.17, 15) is 10.1 Å². The monoisotopic (exact) mass is 279 g/mol. The smallest absolute Gasteiger partial charge is 0.270 e.